The van der Waals surface area contributed by atoms with Crippen LogP contribution in [0.2, 0.25) is 0 Å². The molecule has 0 bridgehead atoms. The number of aliphatic hydroxyl groups is 1. The van der Waals surface area contributed by atoms with Crippen molar-refractivity contribution in [2.75, 3.05) is 18.6 Å². The second kappa shape index (κ2) is 5.98. The van der Waals surface area contributed by atoms with Crippen molar-refractivity contribution >= 4 is 15.7 Å². The van der Waals surface area contributed by atoms with Crippen LogP contribution in [-0.2, 0) is 14.6 Å². The molecule has 0 saturated heterocycles. The highest BCUT2D eigenvalue weighted by Crippen LogP contribution is 1.93. The van der Waals surface area contributed by atoms with E-state index < -0.39 is 9.84 Å². The van der Waals surface area contributed by atoms with Gasteiger partial charge in [-0.3, -0.25) is 4.79 Å². The predicted octanol–water partition coefficient (Wildman–Crippen LogP) is -0.692. The van der Waals surface area contributed by atoms with Crippen LogP contribution in [0.3, 0.4) is 0 Å². The third-order valence-electron chi connectivity index (χ3n) is 1.78. The summed E-state index contributed by atoms with van der Waals surface area (Å²) in [5.41, 5.74) is 0. The van der Waals surface area contributed by atoms with Crippen molar-refractivity contribution in [3.8, 4) is 0 Å². The van der Waals surface area contributed by atoms with Gasteiger partial charge in [0.05, 0.1) is 18.4 Å². The molecule has 5 nitrogen and oxygen atoms in total. The summed E-state index contributed by atoms with van der Waals surface area (Å²) >= 11 is 0. The number of aliphatic hydroxyl groups excluding tert-OH is 1. The second-order valence-electron chi connectivity index (χ2n) is 3.24. The standard InChI is InChI=1S/C8H17NO4S/c1-3-7(6-10)9-8(11)4-5-14(2,12)13/h7,10H,3-6H2,1-2H3,(H,9,11)/t7-/m1/s1. The Hall–Kier alpha value is -0.620. The smallest absolute Gasteiger partial charge is 0.221 e. The fraction of sp³-hybridized carbons (Fsp3) is 0.875. The van der Waals surface area contributed by atoms with E-state index in [-0.39, 0.29) is 30.7 Å². The molecule has 0 unspecified atom stereocenters. The molecule has 2 N–H and O–H groups in total. The van der Waals surface area contributed by atoms with Gasteiger partial charge in [-0.25, -0.2) is 8.42 Å². The SMILES string of the molecule is CC[C@H](CO)NC(=O)CCS(C)(=O)=O. The Morgan fingerprint density at radius 3 is 2.43 bits per heavy atom. The molecule has 0 heterocycles. The maximum absolute atomic E-state index is 11.1. The summed E-state index contributed by atoms with van der Waals surface area (Å²) in [5.74, 6) is -0.489. The van der Waals surface area contributed by atoms with Gasteiger partial charge in [0.2, 0.25) is 5.91 Å². The van der Waals surface area contributed by atoms with E-state index in [1.165, 1.54) is 0 Å². The summed E-state index contributed by atoms with van der Waals surface area (Å²) in [6, 6.07) is -0.276. The molecular formula is C8H17NO4S. The number of hydrogen-bond acceptors (Lipinski definition) is 4. The lowest BCUT2D eigenvalue weighted by molar-refractivity contribution is -0.121. The predicted molar refractivity (Wildman–Crippen MR) is 53.6 cm³/mol. The summed E-state index contributed by atoms with van der Waals surface area (Å²) < 4.78 is 21.5. The molecule has 0 aromatic rings. The zero-order valence-corrected chi connectivity index (χ0v) is 9.30. The van der Waals surface area contributed by atoms with E-state index in [1.807, 2.05) is 6.92 Å². The van der Waals surface area contributed by atoms with Gasteiger partial charge < -0.3 is 10.4 Å². The Morgan fingerprint density at radius 2 is 2.07 bits per heavy atom. The van der Waals surface area contributed by atoms with Crippen molar-refractivity contribution in [1.29, 1.82) is 0 Å². The van der Waals surface area contributed by atoms with E-state index in [0.29, 0.717) is 6.42 Å². The minimum absolute atomic E-state index is 0.0463. The molecule has 0 aliphatic carbocycles. The van der Waals surface area contributed by atoms with Gasteiger partial charge in [-0.05, 0) is 6.42 Å². The number of sulfone groups is 1. The van der Waals surface area contributed by atoms with Gasteiger partial charge in [-0.1, -0.05) is 6.92 Å². The minimum Gasteiger partial charge on any atom is -0.394 e. The van der Waals surface area contributed by atoms with Gasteiger partial charge in [-0.2, -0.15) is 0 Å². The molecule has 14 heavy (non-hydrogen) atoms. The van der Waals surface area contributed by atoms with Gasteiger partial charge in [0.1, 0.15) is 9.84 Å². The van der Waals surface area contributed by atoms with Gasteiger partial charge in [-0.15, -0.1) is 0 Å². The summed E-state index contributed by atoms with van der Waals surface area (Å²) in [7, 11) is -3.09. The van der Waals surface area contributed by atoms with E-state index >= 15 is 0 Å². The Kier molecular flexibility index (Phi) is 5.71. The fourth-order valence-corrected chi connectivity index (χ4v) is 1.41. The Bertz CT molecular complexity index is 269. The first-order chi connectivity index (χ1) is 6.39. The van der Waals surface area contributed by atoms with Crippen LogP contribution in [0.4, 0.5) is 0 Å². The van der Waals surface area contributed by atoms with Crippen molar-refractivity contribution in [3.63, 3.8) is 0 Å². The van der Waals surface area contributed by atoms with Crippen molar-refractivity contribution in [2.24, 2.45) is 0 Å². The largest absolute Gasteiger partial charge is 0.394 e. The second-order valence-corrected chi connectivity index (χ2v) is 5.49. The third kappa shape index (κ3) is 6.85. The molecule has 0 aliphatic heterocycles. The molecule has 1 amide bonds. The summed E-state index contributed by atoms with van der Waals surface area (Å²) in [4.78, 5) is 11.1. The number of rotatable bonds is 6. The van der Waals surface area contributed by atoms with Gasteiger partial charge in [0.15, 0.2) is 0 Å². The average molecular weight is 223 g/mol. The first kappa shape index (κ1) is 13.4. The van der Waals surface area contributed by atoms with Crippen LogP contribution in [0.15, 0.2) is 0 Å². The number of carbonyl (C=O) groups is 1. The van der Waals surface area contributed by atoms with E-state index in [2.05, 4.69) is 5.32 Å². The quantitative estimate of drug-likeness (QED) is 0.624. The normalized spacial score (nSPS) is 13.6. The third-order valence-corrected chi connectivity index (χ3v) is 2.72. The molecule has 0 aromatic carbocycles. The van der Waals surface area contributed by atoms with E-state index in [1.54, 1.807) is 0 Å². The van der Waals surface area contributed by atoms with Gasteiger partial charge in [0.25, 0.3) is 0 Å². The average Bonchev–Trinajstić information content (AvgIpc) is 2.09. The summed E-state index contributed by atoms with van der Waals surface area (Å²) in [5, 5.41) is 11.3. The van der Waals surface area contributed by atoms with Crippen LogP contribution < -0.4 is 5.32 Å². The molecule has 0 fully saturated rings. The molecule has 84 valence electrons. The zero-order valence-electron chi connectivity index (χ0n) is 8.49. The van der Waals surface area contributed by atoms with Gasteiger partial charge in [0, 0.05) is 12.7 Å². The van der Waals surface area contributed by atoms with Crippen LogP contribution in [-0.4, -0.2) is 44.1 Å². The van der Waals surface area contributed by atoms with Crippen LogP contribution in [0.1, 0.15) is 19.8 Å². The molecule has 0 aliphatic rings. The van der Waals surface area contributed by atoms with Crippen molar-refractivity contribution in [3.05, 3.63) is 0 Å². The Balaban J connectivity index is 3.87. The van der Waals surface area contributed by atoms with Crippen LogP contribution in [0, 0.1) is 0 Å². The molecule has 6 heteroatoms. The number of hydrogen-bond donors (Lipinski definition) is 2. The lowest BCUT2D eigenvalue weighted by Crippen LogP contribution is -2.37. The van der Waals surface area contributed by atoms with E-state index in [0.717, 1.165) is 6.26 Å². The maximum Gasteiger partial charge on any atom is 0.221 e. The minimum atomic E-state index is -3.09. The highest BCUT2D eigenvalue weighted by atomic mass is 32.2. The van der Waals surface area contributed by atoms with E-state index in [4.69, 9.17) is 5.11 Å². The molecule has 1 atom stereocenters. The Morgan fingerprint density at radius 1 is 1.50 bits per heavy atom. The molecule has 0 radical (unpaired) electrons. The number of amides is 1. The van der Waals surface area contributed by atoms with Crippen LogP contribution in [0.5, 0.6) is 0 Å². The molecule has 0 saturated carbocycles. The van der Waals surface area contributed by atoms with Crippen LogP contribution in [0.25, 0.3) is 0 Å². The monoisotopic (exact) mass is 223 g/mol. The lowest BCUT2D eigenvalue weighted by atomic mass is 10.2. The highest BCUT2D eigenvalue weighted by Gasteiger charge is 2.11. The van der Waals surface area contributed by atoms with Crippen molar-refractivity contribution in [1.82, 2.24) is 5.32 Å². The van der Waals surface area contributed by atoms with Gasteiger partial charge >= 0.3 is 0 Å². The molecule has 0 aromatic heterocycles. The zero-order chi connectivity index (χ0) is 11.2. The van der Waals surface area contributed by atoms with E-state index in [9.17, 15) is 13.2 Å². The number of nitrogens with one attached hydrogen (secondary N) is 1. The highest BCUT2D eigenvalue weighted by molar-refractivity contribution is 7.90. The van der Waals surface area contributed by atoms with Crippen molar-refractivity contribution < 1.29 is 18.3 Å². The lowest BCUT2D eigenvalue weighted by Gasteiger charge is -2.13. The van der Waals surface area contributed by atoms with Crippen molar-refractivity contribution in [2.45, 2.75) is 25.8 Å². The molecular weight excluding hydrogens is 206 g/mol. The number of carbonyl (C=O) groups excluding carboxylic acids is 1. The summed E-state index contributed by atoms with van der Waals surface area (Å²) in [6.45, 7) is 1.71. The molecule has 0 rings (SSSR count). The molecule has 0 spiro atoms. The first-order valence-electron chi connectivity index (χ1n) is 4.47. The fourth-order valence-electron chi connectivity index (χ4n) is 0.855. The Labute approximate surface area is 84.4 Å². The summed E-state index contributed by atoms with van der Waals surface area (Å²) in [6.07, 6.45) is 1.67. The van der Waals surface area contributed by atoms with Crippen LogP contribution >= 0.6 is 0 Å². The first-order valence-corrected chi connectivity index (χ1v) is 6.53. The topological polar surface area (TPSA) is 83.5 Å². The maximum atomic E-state index is 11.1.